The molecule has 5 heteroatoms. The minimum absolute atomic E-state index is 0.572. The first-order valence-electron chi connectivity index (χ1n) is 19.5. The third-order valence-corrected chi connectivity index (χ3v) is 9.27. The molecule has 0 aromatic heterocycles. The quantitative estimate of drug-likeness (QED) is 0.107. The Bertz CT molecular complexity index is 2130. The summed E-state index contributed by atoms with van der Waals surface area (Å²) < 4.78 is 0. The number of allylic oxidation sites excluding steroid dienone is 10. The van der Waals surface area contributed by atoms with Crippen molar-refractivity contribution in [1.29, 1.82) is 5.41 Å². The highest BCUT2D eigenvalue weighted by atomic mass is 15.1. The Morgan fingerprint density at radius 3 is 1.93 bits per heavy atom. The maximum absolute atomic E-state index is 8.37. The molecule has 56 heavy (non-hydrogen) atoms. The van der Waals surface area contributed by atoms with Crippen molar-refractivity contribution >= 4 is 22.5 Å². The second-order valence-electron chi connectivity index (χ2n) is 13.6. The Morgan fingerprint density at radius 2 is 1.38 bits per heavy atom. The van der Waals surface area contributed by atoms with Crippen LogP contribution in [0.15, 0.2) is 176 Å². The largest absolute Gasteiger partial charge is 0.404 e. The van der Waals surface area contributed by atoms with Gasteiger partial charge in [-0.15, -0.1) is 0 Å². The zero-order chi connectivity index (χ0) is 40.3. The van der Waals surface area contributed by atoms with Crippen molar-refractivity contribution in [2.24, 2.45) is 5.73 Å². The molecule has 2 heterocycles. The van der Waals surface area contributed by atoms with Gasteiger partial charge >= 0.3 is 0 Å². The fourth-order valence-electron chi connectivity index (χ4n) is 6.34. The maximum atomic E-state index is 8.37. The molecule has 0 fully saturated rings. The summed E-state index contributed by atoms with van der Waals surface area (Å²) in [5.41, 5.74) is 20.9. The van der Waals surface area contributed by atoms with Crippen LogP contribution in [0.3, 0.4) is 0 Å². The Hall–Kier alpha value is -6.33. The summed E-state index contributed by atoms with van der Waals surface area (Å²) in [4.78, 5) is 2.05. The second kappa shape index (κ2) is 22.1. The van der Waals surface area contributed by atoms with Crippen molar-refractivity contribution in [3.8, 4) is 11.1 Å². The van der Waals surface area contributed by atoms with Gasteiger partial charge in [0.15, 0.2) is 0 Å². The van der Waals surface area contributed by atoms with Crippen LogP contribution in [-0.4, -0.2) is 32.9 Å². The van der Waals surface area contributed by atoms with Crippen LogP contribution in [-0.2, 0) is 0 Å². The van der Waals surface area contributed by atoms with Crippen molar-refractivity contribution in [1.82, 2.24) is 10.6 Å². The molecular formula is C51H59N5. The SMILES string of the molecule is C1=CCCC=C1.C=C/C(=C\N)c1ccc(-c2cc(C)cc(C3=CC=C(C4=CC=CCN4)NC3)c2)cc1.CC.Cc1ccc(N(C)C)c(C(=N)c2ccccc2)c1. The van der Waals surface area contributed by atoms with E-state index in [9.17, 15) is 0 Å². The topological polar surface area (TPSA) is 77.2 Å². The summed E-state index contributed by atoms with van der Waals surface area (Å²) in [5.74, 6) is 0. The zero-order valence-electron chi connectivity index (χ0n) is 34.1. The molecule has 288 valence electrons. The zero-order valence-corrected chi connectivity index (χ0v) is 34.1. The van der Waals surface area contributed by atoms with Gasteiger partial charge in [0.05, 0.1) is 17.1 Å². The molecule has 4 aromatic rings. The average molecular weight is 742 g/mol. The minimum Gasteiger partial charge on any atom is -0.404 e. The lowest BCUT2D eigenvalue weighted by molar-refractivity contribution is 0.822. The molecule has 0 bridgehead atoms. The molecule has 0 atom stereocenters. The smallest absolute Gasteiger partial charge is 0.0705 e. The lowest BCUT2D eigenvalue weighted by Crippen LogP contribution is -2.27. The van der Waals surface area contributed by atoms with Gasteiger partial charge in [-0.2, -0.15) is 0 Å². The molecular weight excluding hydrogens is 683 g/mol. The highest BCUT2D eigenvalue weighted by Gasteiger charge is 2.14. The number of benzene rings is 4. The van der Waals surface area contributed by atoms with Gasteiger partial charge in [0, 0.05) is 50.2 Å². The Kier molecular flexibility index (Phi) is 16.8. The molecule has 0 spiro atoms. The number of aryl methyl sites for hydroxylation is 2. The summed E-state index contributed by atoms with van der Waals surface area (Å²) in [6.45, 7) is 13.7. The van der Waals surface area contributed by atoms with Gasteiger partial charge in [0.1, 0.15) is 0 Å². The van der Waals surface area contributed by atoms with Crippen LogP contribution in [0.25, 0.3) is 22.3 Å². The van der Waals surface area contributed by atoms with Gasteiger partial charge in [0.25, 0.3) is 0 Å². The van der Waals surface area contributed by atoms with E-state index in [1.54, 1.807) is 12.3 Å². The molecule has 1 aliphatic carbocycles. The number of hydrogen-bond donors (Lipinski definition) is 4. The molecule has 5 nitrogen and oxygen atoms in total. The highest BCUT2D eigenvalue weighted by Crippen LogP contribution is 2.29. The number of rotatable bonds is 8. The van der Waals surface area contributed by atoms with Crippen LogP contribution >= 0.6 is 0 Å². The number of nitrogens with zero attached hydrogens (tertiary/aromatic N) is 1. The summed E-state index contributed by atoms with van der Waals surface area (Å²) in [6, 6.07) is 31.3. The summed E-state index contributed by atoms with van der Waals surface area (Å²) >= 11 is 0. The molecule has 5 N–H and O–H groups in total. The third-order valence-electron chi connectivity index (χ3n) is 9.27. The average Bonchev–Trinajstić information content (AvgIpc) is 3.26. The first-order valence-corrected chi connectivity index (χ1v) is 19.5. The van der Waals surface area contributed by atoms with Crippen LogP contribution < -0.4 is 21.3 Å². The normalized spacial score (nSPS) is 14.0. The van der Waals surface area contributed by atoms with Crippen molar-refractivity contribution in [2.45, 2.75) is 40.5 Å². The van der Waals surface area contributed by atoms with Crippen molar-refractivity contribution in [3.63, 3.8) is 0 Å². The molecule has 3 aliphatic rings. The highest BCUT2D eigenvalue weighted by molar-refractivity contribution is 6.14. The summed E-state index contributed by atoms with van der Waals surface area (Å²) in [6.07, 6.45) is 25.0. The molecule has 0 saturated carbocycles. The standard InChI is InChI=1S/C27H27N3.C16H18N2.C6H8.C2H6/c1-3-20(17-28)21-7-9-22(10-8-21)24-14-19(2)15-25(16-24)23-11-12-27(30-18-23)26-6-4-5-13-29-26;1-12-9-10-15(18(2)3)14(11-12)16(17)13-7-5-4-6-8-13;1-2-4-6-5-3-1;1-2/h3-12,14-17,29-30H,1,13,18,28H2,2H3;4-11,17H,1-3H3;1-4H,5-6H2;1-2H3/b20-17+;;;. The molecule has 2 aliphatic heterocycles. The summed E-state index contributed by atoms with van der Waals surface area (Å²) in [7, 11) is 4.01. The van der Waals surface area contributed by atoms with Crippen LogP contribution in [0.2, 0.25) is 0 Å². The van der Waals surface area contributed by atoms with Crippen molar-refractivity contribution in [3.05, 3.63) is 209 Å². The van der Waals surface area contributed by atoms with E-state index < -0.39 is 0 Å². The molecule has 0 radical (unpaired) electrons. The van der Waals surface area contributed by atoms with Crippen LogP contribution in [0.1, 0.15) is 60.1 Å². The van der Waals surface area contributed by atoms with Crippen molar-refractivity contribution < 1.29 is 0 Å². The molecule has 0 unspecified atom stereocenters. The van der Waals surface area contributed by atoms with Gasteiger partial charge in [-0.05, 0) is 96.0 Å². The lowest BCUT2D eigenvalue weighted by atomic mass is 9.94. The van der Waals surface area contributed by atoms with Gasteiger partial charge < -0.3 is 21.3 Å². The Labute approximate surface area is 336 Å². The van der Waals surface area contributed by atoms with E-state index in [-0.39, 0.29) is 0 Å². The van der Waals surface area contributed by atoms with E-state index in [1.165, 1.54) is 46.2 Å². The lowest BCUT2D eigenvalue weighted by Gasteiger charge is -2.22. The fraction of sp³-hybridized carbons (Fsp3) is 0.196. The number of nitrogens with two attached hydrogens (primary N) is 1. The maximum Gasteiger partial charge on any atom is 0.0705 e. The first kappa shape index (κ1) is 42.4. The molecule has 0 amide bonds. The second-order valence-corrected chi connectivity index (χ2v) is 13.6. The predicted molar refractivity (Wildman–Crippen MR) is 245 cm³/mol. The van der Waals surface area contributed by atoms with Crippen LogP contribution in [0, 0.1) is 19.3 Å². The number of anilines is 1. The van der Waals surface area contributed by atoms with Gasteiger partial charge in [-0.1, -0.05) is 147 Å². The minimum atomic E-state index is 0.572. The van der Waals surface area contributed by atoms with E-state index >= 15 is 0 Å². The van der Waals surface area contributed by atoms with E-state index in [4.69, 9.17) is 11.1 Å². The van der Waals surface area contributed by atoms with Crippen LogP contribution in [0.4, 0.5) is 5.69 Å². The van der Waals surface area contributed by atoms with E-state index in [0.29, 0.717) is 5.71 Å². The number of nitrogens with one attached hydrogen (secondary N) is 3. The third kappa shape index (κ3) is 12.1. The van der Waals surface area contributed by atoms with E-state index in [2.05, 4.69) is 146 Å². The molecule has 0 saturated heterocycles. The Morgan fingerprint density at radius 1 is 0.696 bits per heavy atom. The predicted octanol–water partition coefficient (Wildman–Crippen LogP) is 11.5. The first-order chi connectivity index (χ1) is 27.3. The summed E-state index contributed by atoms with van der Waals surface area (Å²) in [5, 5.41) is 15.3. The molecule has 4 aromatic carbocycles. The molecule has 7 rings (SSSR count). The number of dihydropyridines is 2. The number of hydrogen-bond acceptors (Lipinski definition) is 5. The van der Waals surface area contributed by atoms with Gasteiger partial charge in [0.2, 0.25) is 0 Å². The Balaban J connectivity index is 0.000000225. The van der Waals surface area contributed by atoms with Crippen molar-refractivity contribution in [2.75, 3.05) is 32.1 Å². The van der Waals surface area contributed by atoms with E-state index in [0.717, 1.165) is 52.4 Å². The van der Waals surface area contributed by atoms with Gasteiger partial charge in [-0.25, -0.2) is 0 Å². The fourth-order valence-corrected chi connectivity index (χ4v) is 6.34. The van der Waals surface area contributed by atoms with Gasteiger partial charge in [-0.3, -0.25) is 5.41 Å². The van der Waals surface area contributed by atoms with Crippen LogP contribution in [0.5, 0.6) is 0 Å². The monoisotopic (exact) mass is 741 g/mol. The van der Waals surface area contributed by atoms with E-state index in [1.807, 2.05) is 63.2 Å².